The smallest absolute Gasteiger partial charge is 0.230 e. The second-order valence-electron chi connectivity index (χ2n) is 13.4. The maximum absolute atomic E-state index is 11.0. The summed E-state index contributed by atoms with van der Waals surface area (Å²) in [5, 5.41) is 24.9. The van der Waals surface area contributed by atoms with Crippen LogP contribution in [0, 0.1) is 17.9 Å². The predicted octanol–water partition coefficient (Wildman–Crippen LogP) is 12.9. The first-order chi connectivity index (χ1) is 25.7. The Hall–Kier alpha value is -7.40. The predicted molar refractivity (Wildman–Crippen MR) is 216 cm³/mol. The molecule has 0 saturated carbocycles. The molecule has 0 aliphatic heterocycles. The van der Waals surface area contributed by atoms with E-state index in [-0.39, 0.29) is 0 Å². The molecule has 0 saturated heterocycles. The van der Waals surface area contributed by atoms with Gasteiger partial charge < -0.3 is 9.13 Å². The Labute approximate surface area is 298 Å². The molecule has 0 atom stereocenters. The Morgan fingerprint density at radius 1 is 0.404 bits per heavy atom. The van der Waals surface area contributed by atoms with Gasteiger partial charge in [-0.1, -0.05) is 121 Å². The maximum atomic E-state index is 11.0. The fourth-order valence-electron chi connectivity index (χ4n) is 8.77. The second kappa shape index (κ2) is 10.6. The first-order valence-corrected chi connectivity index (χ1v) is 17.4. The Bertz CT molecular complexity index is 3020. The highest BCUT2D eigenvalue weighted by Crippen LogP contribution is 2.46. The lowest BCUT2D eigenvalue weighted by atomic mass is 10.00. The summed E-state index contributed by atoms with van der Waals surface area (Å²) < 4.78 is 4.38. The molecule has 0 bridgehead atoms. The van der Waals surface area contributed by atoms with Crippen molar-refractivity contribution < 1.29 is 0 Å². The highest BCUT2D eigenvalue weighted by atomic mass is 15.0. The number of nitriles is 1. The molecular formula is C48H26N4. The fourth-order valence-corrected chi connectivity index (χ4v) is 8.77. The second-order valence-corrected chi connectivity index (χ2v) is 13.4. The molecule has 4 heteroatoms. The number of rotatable bonds is 2. The van der Waals surface area contributed by atoms with Gasteiger partial charge in [0, 0.05) is 21.5 Å². The van der Waals surface area contributed by atoms with E-state index >= 15 is 0 Å². The third kappa shape index (κ3) is 3.68. The molecule has 0 aliphatic rings. The van der Waals surface area contributed by atoms with Gasteiger partial charge in [-0.2, -0.15) is 5.26 Å². The summed E-state index contributed by atoms with van der Waals surface area (Å²) in [5.41, 5.74) is 6.07. The topological polar surface area (TPSA) is 38.0 Å². The van der Waals surface area contributed by atoms with Crippen LogP contribution in [-0.4, -0.2) is 9.13 Å². The van der Waals surface area contributed by atoms with Gasteiger partial charge in [-0.25, -0.2) is 4.85 Å². The van der Waals surface area contributed by atoms with E-state index in [0.29, 0.717) is 22.6 Å². The van der Waals surface area contributed by atoms with E-state index in [1.54, 1.807) is 0 Å². The van der Waals surface area contributed by atoms with E-state index in [1.165, 1.54) is 0 Å². The van der Waals surface area contributed by atoms with Gasteiger partial charge in [0.2, 0.25) is 5.69 Å². The van der Waals surface area contributed by atoms with Crippen LogP contribution >= 0.6 is 0 Å². The maximum Gasteiger partial charge on any atom is 0.230 e. The molecular weight excluding hydrogens is 633 g/mol. The van der Waals surface area contributed by atoms with E-state index in [4.69, 9.17) is 6.57 Å². The third-order valence-corrected chi connectivity index (χ3v) is 10.9. The average molecular weight is 659 g/mol. The van der Waals surface area contributed by atoms with Gasteiger partial charge in [-0.3, -0.25) is 0 Å². The molecule has 0 radical (unpaired) electrons. The van der Waals surface area contributed by atoms with E-state index in [1.807, 2.05) is 12.1 Å². The largest absolute Gasteiger partial charge is 0.319 e. The van der Waals surface area contributed by atoms with Gasteiger partial charge in [0.05, 0.1) is 51.6 Å². The molecule has 11 rings (SSSR count). The number of aromatic nitrogens is 2. The highest BCUT2D eigenvalue weighted by molar-refractivity contribution is 6.30. The van der Waals surface area contributed by atoms with E-state index in [0.717, 1.165) is 86.7 Å². The Morgan fingerprint density at radius 3 is 1.08 bits per heavy atom. The number of nitrogens with zero attached hydrogens (tertiary/aromatic N) is 4. The number of hydrogen-bond acceptors (Lipinski definition) is 1. The monoisotopic (exact) mass is 658 g/mol. The first-order valence-electron chi connectivity index (χ1n) is 17.4. The first kappa shape index (κ1) is 28.4. The molecule has 0 N–H and O–H groups in total. The molecule has 0 aliphatic carbocycles. The summed E-state index contributed by atoms with van der Waals surface area (Å²) in [6.45, 7) is 8.62. The van der Waals surface area contributed by atoms with Crippen LogP contribution < -0.4 is 0 Å². The zero-order valence-corrected chi connectivity index (χ0v) is 27.8. The van der Waals surface area contributed by atoms with Crippen molar-refractivity contribution in [1.29, 1.82) is 5.26 Å². The van der Waals surface area contributed by atoms with Crippen LogP contribution in [0.1, 0.15) is 5.56 Å². The van der Waals surface area contributed by atoms with Crippen LogP contribution in [0.2, 0.25) is 0 Å². The molecule has 2 aromatic heterocycles. The van der Waals surface area contributed by atoms with Crippen LogP contribution in [0.3, 0.4) is 0 Å². The average Bonchev–Trinajstić information content (AvgIpc) is 3.74. The van der Waals surface area contributed by atoms with E-state index in [9.17, 15) is 5.26 Å². The lowest BCUT2D eigenvalue weighted by Gasteiger charge is -2.16. The number of fused-ring (bicyclic) bond motifs is 14. The summed E-state index contributed by atoms with van der Waals surface area (Å²) >= 11 is 0. The molecule has 0 spiro atoms. The summed E-state index contributed by atoms with van der Waals surface area (Å²) in [6, 6.07) is 57.7. The van der Waals surface area contributed by atoms with Gasteiger partial charge in [0.25, 0.3) is 0 Å². The number of benzene rings is 9. The minimum atomic E-state index is 0.330. The van der Waals surface area contributed by atoms with Crippen molar-refractivity contribution in [3.8, 4) is 17.4 Å². The normalized spacial score (nSPS) is 11.8. The van der Waals surface area contributed by atoms with Crippen molar-refractivity contribution in [2.24, 2.45) is 0 Å². The Morgan fingerprint density at radius 2 is 0.731 bits per heavy atom. The lowest BCUT2D eigenvalue weighted by molar-refractivity contribution is 1.14. The van der Waals surface area contributed by atoms with Gasteiger partial charge in [0.1, 0.15) is 0 Å². The lowest BCUT2D eigenvalue weighted by Crippen LogP contribution is -2.02. The quantitative estimate of drug-likeness (QED) is 0.170. The van der Waals surface area contributed by atoms with E-state index < -0.39 is 0 Å². The van der Waals surface area contributed by atoms with Gasteiger partial charge >= 0.3 is 0 Å². The molecule has 2 heterocycles. The summed E-state index contributed by atoms with van der Waals surface area (Å²) in [6.07, 6.45) is 0. The van der Waals surface area contributed by atoms with Crippen LogP contribution in [0.15, 0.2) is 158 Å². The minimum absolute atomic E-state index is 0.330. The summed E-state index contributed by atoms with van der Waals surface area (Å²) in [5.74, 6) is 0. The third-order valence-electron chi connectivity index (χ3n) is 10.9. The molecule has 52 heavy (non-hydrogen) atoms. The van der Waals surface area contributed by atoms with Crippen molar-refractivity contribution >= 4 is 92.4 Å². The zero-order chi connectivity index (χ0) is 34.5. The molecule has 0 fully saturated rings. The molecule has 238 valence electrons. The standard InChI is InChI=1S/C48H26N4/c1-50-48-37(28-49)38(51-39-22-18-29-10-2-6-14-33(29)44(39)45-34-15-7-3-11-30(34)19-23-40(45)51)26-27-43(48)52-41-24-20-31-12-4-8-16-35(31)46(41)47-36-17-9-5-13-32(36)21-25-42(47)52/h2-27H. The van der Waals surface area contributed by atoms with E-state index in [2.05, 4.69) is 166 Å². The van der Waals surface area contributed by atoms with Crippen molar-refractivity contribution in [3.05, 3.63) is 175 Å². The van der Waals surface area contributed by atoms with Crippen molar-refractivity contribution in [1.82, 2.24) is 9.13 Å². The van der Waals surface area contributed by atoms with Gasteiger partial charge in [-0.15, -0.1) is 0 Å². The van der Waals surface area contributed by atoms with Crippen LogP contribution in [0.4, 0.5) is 5.69 Å². The molecule has 0 unspecified atom stereocenters. The van der Waals surface area contributed by atoms with Crippen molar-refractivity contribution in [3.63, 3.8) is 0 Å². The van der Waals surface area contributed by atoms with Gasteiger partial charge in [-0.05, 0) is 79.5 Å². The van der Waals surface area contributed by atoms with Gasteiger partial charge in [0.15, 0.2) is 0 Å². The number of hydrogen-bond donors (Lipinski definition) is 0. The fraction of sp³-hybridized carbons (Fsp3) is 0. The zero-order valence-electron chi connectivity index (χ0n) is 27.8. The van der Waals surface area contributed by atoms with Crippen LogP contribution in [-0.2, 0) is 0 Å². The molecule has 4 nitrogen and oxygen atoms in total. The Balaban J connectivity index is 1.28. The minimum Gasteiger partial charge on any atom is -0.319 e. The van der Waals surface area contributed by atoms with Crippen molar-refractivity contribution in [2.45, 2.75) is 0 Å². The molecule has 0 amide bonds. The molecule has 9 aromatic carbocycles. The Kier molecular flexibility index (Phi) is 5.77. The summed E-state index contributed by atoms with van der Waals surface area (Å²) in [7, 11) is 0. The van der Waals surface area contributed by atoms with Crippen LogP contribution in [0.5, 0.6) is 0 Å². The van der Waals surface area contributed by atoms with Crippen molar-refractivity contribution in [2.75, 3.05) is 0 Å². The van der Waals surface area contributed by atoms with Crippen LogP contribution in [0.25, 0.3) is 103 Å². The summed E-state index contributed by atoms with van der Waals surface area (Å²) in [4.78, 5) is 4.16. The SMILES string of the molecule is [C-]#[N+]c1c(-n2c3ccc4ccccc4c3c3c4ccccc4ccc32)ccc(-n2c3ccc4ccccc4c3c3c4ccccc4ccc32)c1C#N. The highest BCUT2D eigenvalue weighted by Gasteiger charge is 2.25. The molecule has 11 aromatic rings.